The fraction of sp³-hybridized carbons (Fsp3) is 0.727. The molecule has 0 saturated carbocycles. The molecule has 1 atom stereocenters. The summed E-state index contributed by atoms with van der Waals surface area (Å²) >= 11 is 0. The van der Waals surface area contributed by atoms with Crippen molar-refractivity contribution in [3.05, 3.63) is 0 Å². The molecule has 0 aliphatic heterocycles. The summed E-state index contributed by atoms with van der Waals surface area (Å²) in [5, 5.41) is 5.57. The van der Waals surface area contributed by atoms with E-state index >= 15 is 0 Å². The number of ketones is 1. The molecule has 0 aliphatic carbocycles. The highest BCUT2D eigenvalue weighted by Gasteiger charge is 2.25. The Morgan fingerprint density at radius 2 is 1.76 bits per heavy atom. The van der Waals surface area contributed by atoms with Gasteiger partial charge in [-0.2, -0.15) is 0 Å². The molecule has 0 spiro atoms. The number of hydrogen-bond acceptors (Lipinski definition) is 4. The number of carbonyl (C=O) groups is 3. The highest BCUT2D eigenvalue weighted by molar-refractivity contribution is 5.91. The molecular weight excluding hydrogens is 222 g/mol. The first-order valence-electron chi connectivity index (χ1n) is 5.55. The van der Waals surface area contributed by atoms with Crippen molar-refractivity contribution in [1.82, 2.24) is 15.5 Å². The average Bonchev–Trinajstić information content (AvgIpc) is 2.24. The van der Waals surface area contributed by atoms with Gasteiger partial charge < -0.3 is 15.5 Å². The smallest absolute Gasteiger partial charge is 0.243 e. The van der Waals surface area contributed by atoms with E-state index in [1.54, 1.807) is 7.05 Å². The van der Waals surface area contributed by atoms with Crippen LogP contribution in [-0.2, 0) is 14.4 Å². The van der Waals surface area contributed by atoms with Crippen LogP contribution in [0.15, 0.2) is 0 Å². The number of hydrogen-bond donors (Lipinski definition) is 2. The first-order valence-corrected chi connectivity index (χ1v) is 5.55. The highest BCUT2D eigenvalue weighted by atomic mass is 16.2. The maximum absolute atomic E-state index is 11.8. The van der Waals surface area contributed by atoms with Gasteiger partial charge in [0.2, 0.25) is 11.8 Å². The van der Waals surface area contributed by atoms with Gasteiger partial charge in [-0.25, -0.2) is 0 Å². The van der Waals surface area contributed by atoms with Gasteiger partial charge in [0.15, 0.2) is 0 Å². The molecule has 6 heteroatoms. The number of carbonyl (C=O) groups excluding carboxylic acids is 3. The average molecular weight is 243 g/mol. The second kappa shape index (κ2) is 7.78. The maximum atomic E-state index is 11.8. The number of rotatable bonds is 7. The van der Waals surface area contributed by atoms with Gasteiger partial charge in [0.25, 0.3) is 0 Å². The minimum absolute atomic E-state index is 0.0431. The van der Waals surface area contributed by atoms with Crippen LogP contribution in [0.4, 0.5) is 0 Å². The molecule has 0 saturated heterocycles. The third-order valence-electron chi connectivity index (χ3n) is 2.42. The molecule has 0 rings (SSSR count). The zero-order chi connectivity index (χ0) is 13.4. The van der Waals surface area contributed by atoms with Crippen LogP contribution >= 0.6 is 0 Å². The third-order valence-corrected chi connectivity index (χ3v) is 2.42. The molecule has 0 aromatic rings. The lowest BCUT2D eigenvalue weighted by molar-refractivity contribution is -0.139. The maximum Gasteiger partial charge on any atom is 0.243 e. The van der Waals surface area contributed by atoms with Crippen LogP contribution in [0.3, 0.4) is 0 Å². The van der Waals surface area contributed by atoms with E-state index < -0.39 is 6.04 Å². The number of amides is 2. The summed E-state index contributed by atoms with van der Waals surface area (Å²) in [6.45, 7) is 3.88. The molecule has 0 aromatic carbocycles. The minimum Gasteiger partial charge on any atom is -0.353 e. The van der Waals surface area contributed by atoms with Crippen molar-refractivity contribution in [3.63, 3.8) is 0 Å². The van der Waals surface area contributed by atoms with E-state index in [4.69, 9.17) is 0 Å². The number of nitrogens with one attached hydrogen (secondary N) is 2. The van der Waals surface area contributed by atoms with E-state index in [1.807, 2.05) is 0 Å². The molecule has 0 aromatic heterocycles. The minimum atomic E-state index is -0.721. The predicted octanol–water partition coefficient (Wildman–Crippen LogP) is -0.852. The van der Waals surface area contributed by atoms with Gasteiger partial charge >= 0.3 is 0 Å². The summed E-state index contributed by atoms with van der Waals surface area (Å²) in [6, 6.07) is -0.721. The Morgan fingerprint density at radius 1 is 1.18 bits per heavy atom. The quantitative estimate of drug-likeness (QED) is 0.571. The topological polar surface area (TPSA) is 78.5 Å². The Hall–Kier alpha value is -1.43. The molecule has 98 valence electrons. The first-order chi connectivity index (χ1) is 7.90. The molecule has 0 bridgehead atoms. The van der Waals surface area contributed by atoms with Crippen molar-refractivity contribution in [2.75, 3.05) is 27.2 Å². The predicted molar refractivity (Wildman–Crippen MR) is 64.5 cm³/mol. The van der Waals surface area contributed by atoms with E-state index in [1.165, 1.54) is 25.8 Å². The fourth-order valence-electron chi connectivity index (χ4n) is 1.33. The summed E-state index contributed by atoms with van der Waals surface area (Å²) in [6.07, 6.45) is 0.0431. The van der Waals surface area contributed by atoms with Crippen LogP contribution in [0.1, 0.15) is 20.3 Å². The molecule has 0 aliphatic rings. The zero-order valence-electron chi connectivity index (χ0n) is 10.9. The normalized spacial score (nSPS) is 11.8. The monoisotopic (exact) mass is 243 g/mol. The molecular formula is C11H21N3O3. The van der Waals surface area contributed by atoms with Crippen LogP contribution in [-0.4, -0.2) is 55.7 Å². The van der Waals surface area contributed by atoms with Crippen LogP contribution in [0.25, 0.3) is 0 Å². The fourth-order valence-corrected chi connectivity index (χ4v) is 1.33. The Kier molecular flexibility index (Phi) is 7.13. The number of likely N-dealkylation sites (N-methyl/N-ethyl adjacent to an activating group) is 2. The summed E-state index contributed by atoms with van der Waals surface area (Å²) < 4.78 is 0. The lowest BCUT2D eigenvalue weighted by atomic mass is 10.1. The van der Waals surface area contributed by atoms with Gasteiger partial charge in [0.1, 0.15) is 11.8 Å². The van der Waals surface area contributed by atoms with E-state index in [0.717, 1.165) is 0 Å². The summed E-state index contributed by atoms with van der Waals surface area (Å²) in [5.41, 5.74) is 0. The van der Waals surface area contributed by atoms with Crippen molar-refractivity contribution in [1.29, 1.82) is 0 Å². The Balaban J connectivity index is 4.50. The Labute approximate surface area is 102 Å². The summed E-state index contributed by atoms with van der Waals surface area (Å²) in [5.74, 6) is -0.653. The third kappa shape index (κ3) is 6.01. The molecule has 17 heavy (non-hydrogen) atoms. The molecule has 2 N–H and O–H groups in total. The molecule has 0 fully saturated rings. The molecule has 0 radical (unpaired) electrons. The van der Waals surface area contributed by atoms with E-state index in [0.29, 0.717) is 13.1 Å². The highest BCUT2D eigenvalue weighted by Crippen LogP contribution is 2.03. The van der Waals surface area contributed by atoms with Crippen LogP contribution < -0.4 is 10.6 Å². The number of nitrogens with zero attached hydrogens (tertiary/aromatic N) is 1. The SMILES string of the molecule is CNCCNC(=O)[C@H](CC(C)=O)N(C)C(C)=O. The van der Waals surface area contributed by atoms with Crippen molar-refractivity contribution in [3.8, 4) is 0 Å². The van der Waals surface area contributed by atoms with Gasteiger partial charge in [-0.05, 0) is 14.0 Å². The second-order valence-corrected chi connectivity index (χ2v) is 3.95. The summed E-state index contributed by atoms with van der Waals surface area (Å²) in [4.78, 5) is 35.4. The first kappa shape index (κ1) is 15.6. The van der Waals surface area contributed by atoms with Gasteiger partial charge in [-0.15, -0.1) is 0 Å². The standard InChI is InChI=1S/C11H21N3O3/c1-8(15)7-10(14(4)9(2)16)11(17)13-6-5-12-3/h10,12H,5-7H2,1-4H3,(H,13,17)/t10-/m0/s1. The molecule has 2 amide bonds. The molecule has 0 heterocycles. The van der Waals surface area contributed by atoms with Crippen LogP contribution in [0.2, 0.25) is 0 Å². The van der Waals surface area contributed by atoms with Crippen LogP contribution in [0.5, 0.6) is 0 Å². The van der Waals surface area contributed by atoms with Gasteiger partial charge in [0, 0.05) is 33.5 Å². The summed E-state index contributed by atoms with van der Waals surface area (Å²) in [7, 11) is 3.30. The lowest BCUT2D eigenvalue weighted by Crippen LogP contribution is -2.48. The lowest BCUT2D eigenvalue weighted by Gasteiger charge is -2.25. The van der Waals surface area contributed by atoms with Crippen molar-refractivity contribution >= 4 is 17.6 Å². The number of Topliss-reactive ketones (excluding diaryl/α,β-unsaturated/α-hetero) is 1. The van der Waals surface area contributed by atoms with Gasteiger partial charge in [0.05, 0.1) is 0 Å². The van der Waals surface area contributed by atoms with Gasteiger partial charge in [-0.1, -0.05) is 0 Å². The largest absolute Gasteiger partial charge is 0.353 e. The van der Waals surface area contributed by atoms with E-state index in [-0.39, 0.29) is 24.0 Å². The van der Waals surface area contributed by atoms with E-state index in [2.05, 4.69) is 10.6 Å². The Bertz CT molecular complexity index is 292. The molecule has 6 nitrogen and oxygen atoms in total. The van der Waals surface area contributed by atoms with Crippen molar-refractivity contribution in [2.45, 2.75) is 26.3 Å². The van der Waals surface area contributed by atoms with Crippen molar-refractivity contribution < 1.29 is 14.4 Å². The zero-order valence-corrected chi connectivity index (χ0v) is 10.9. The molecule has 0 unspecified atom stereocenters. The van der Waals surface area contributed by atoms with Crippen molar-refractivity contribution in [2.24, 2.45) is 0 Å². The van der Waals surface area contributed by atoms with Crippen LogP contribution in [0, 0.1) is 0 Å². The van der Waals surface area contributed by atoms with Gasteiger partial charge in [-0.3, -0.25) is 14.4 Å². The second-order valence-electron chi connectivity index (χ2n) is 3.95. The Morgan fingerprint density at radius 3 is 2.18 bits per heavy atom. The van der Waals surface area contributed by atoms with E-state index in [9.17, 15) is 14.4 Å².